The molecule has 1 fully saturated rings. The Kier molecular flexibility index (Phi) is 4.26. The van der Waals surface area contributed by atoms with Gasteiger partial charge in [-0.3, -0.25) is 9.36 Å². The van der Waals surface area contributed by atoms with E-state index in [1.165, 1.54) is 14.2 Å². The Bertz CT molecular complexity index is 305. The summed E-state index contributed by atoms with van der Waals surface area (Å²) in [6.45, 7) is 3.60. The predicted molar refractivity (Wildman–Crippen MR) is 56.4 cm³/mol. The summed E-state index contributed by atoms with van der Waals surface area (Å²) in [6.07, 6.45) is -1.00. The molecule has 0 aliphatic carbocycles. The molecular weight excluding hydrogens is 235 g/mol. The molecule has 1 heterocycles. The van der Waals surface area contributed by atoms with Crippen molar-refractivity contribution in [3.8, 4) is 0 Å². The van der Waals surface area contributed by atoms with Gasteiger partial charge in [0.05, 0.1) is 6.61 Å². The first-order valence-electron chi connectivity index (χ1n) is 4.87. The average molecular weight is 252 g/mol. The van der Waals surface area contributed by atoms with Gasteiger partial charge < -0.3 is 18.5 Å². The maximum absolute atomic E-state index is 11.7. The van der Waals surface area contributed by atoms with Crippen LogP contribution in [0.3, 0.4) is 0 Å². The van der Waals surface area contributed by atoms with Gasteiger partial charge in [-0.05, 0) is 13.8 Å². The lowest BCUT2D eigenvalue weighted by Gasteiger charge is -2.17. The summed E-state index contributed by atoms with van der Waals surface area (Å²) in [7, 11) is -0.830. The standard InChI is InChI=1S/C9H17O6P/c1-9(2)14-5-8(15-9)7(10)6-16(11,12-3)13-4/h8H,5-6H2,1-4H3/t8-/m1/s1. The van der Waals surface area contributed by atoms with Crippen molar-refractivity contribution in [1.29, 1.82) is 0 Å². The van der Waals surface area contributed by atoms with Crippen molar-refractivity contribution in [3.63, 3.8) is 0 Å². The lowest BCUT2D eigenvalue weighted by Crippen LogP contribution is -2.29. The molecule has 1 aliphatic rings. The SMILES string of the molecule is COP(=O)(CC(=O)[C@H]1COC(C)(C)O1)OC. The van der Waals surface area contributed by atoms with E-state index in [0.717, 1.165) is 0 Å². The lowest BCUT2D eigenvalue weighted by atomic mass is 10.3. The maximum Gasteiger partial charge on any atom is 0.337 e. The van der Waals surface area contributed by atoms with E-state index >= 15 is 0 Å². The fraction of sp³-hybridized carbons (Fsp3) is 0.889. The van der Waals surface area contributed by atoms with Gasteiger partial charge in [0.25, 0.3) is 0 Å². The van der Waals surface area contributed by atoms with Crippen LogP contribution in [-0.2, 0) is 27.9 Å². The summed E-state index contributed by atoms with van der Waals surface area (Å²) in [6, 6.07) is 0. The molecule has 1 atom stereocenters. The molecule has 0 spiro atoms. The predicted octanol–water partition coefficient (Wildman–Crippen LogP) is 1.19. The molecule has 0 amide bonds. The topological polar surface area (TPSA) is 71.1 Å². The van der Waals surface area contributed by atoms with E-state index in [-0.39, 0.29) is 18.6 Å². The van der Waals surface area contributed by atoms with Gasteiger partial charge in [0, 0.05) is 14.2 Å². The number of hydrogen-bond acceptors (Lipinski definition) is 6. The smallest absolute Gasteiger partial charge is 0.337 e. The Morgan fingerprint density at radius 3 is 2.38 bits per heavy atom. The summed E-state index contributed by atoms with van der Waals surface area (Å²) in [5.74, 6) is -1.11. The molecule has 0 radical (unpaired) electrons. The third kappa shape index (κ3) is 3.37. The van der Waals surface area contributed by atoms with E-state index in [4.69, 9.17) is 9.47 Å². The zero-order valence-corrected chi connectivity index (χ0v) is 10.8. The van der Waals surface area contributed by atoms with Gasteiger partial charge in [0.15, 0.2) is 11.6 Å². The number of Topliss-reactive ketones (excluding diaryl/α,β-unsaturated/α-hetero) is 1. The van der Waals surface area contributed by atoms with E-state index in [9.17, 15) is 9.36 Å². The van der Waals surface area contributed by atoms with Gasteiger partial charge in [-0.2, -0.15) is 0 Å². The fourth-order valence-electron chi connectivity index (χ4n) is 1.34. The average Bonchev–Trinajstić information content (AvgIpc) is 2.58. The Labute approximate surface area is 94.7 Å². The first-order chi connectivity index (χ1) is 7.32. The zero-order valence-electron chi connectivity index (χ0n) is 9.89. The van der Waals surface area contributed by atoms with E-state index in [1.807, 2.05) is 0 Å². The van der Waals surface area contributed by atoms with Crippen molar-refractivity contribution in [1.82, 2.24) is 0 Å². The molecule has 0 saturated carbocycles. The second kappa shape index (κ2) is 4.94. The molecule has 0 unspecified atom stereocenters. The minimum atomic E-state index is -3.32. The van der Waals surface area contributed by atoms with Gasteiger partial charge in [-0.1, -0.05) is 0 Å². The Hall–Kier alpha value is -0.260. The summed E-state index contributed by atoms with van der Waals surface area (Å²) in [5, 5.41) is 0. The highest BCUT2D eigenvalue weighted by atomic mass is 31.2. The largest absolute Gasteiger partial charge is 0.347 e. The van der Waals surface area contributed by atoms with Crippen LogP contribution in [0.25, 0.3) is 0 Å². The summed E-state index contributed by atoms with van der Waals surface area (Å²) < 4.78 is 31.7. The Balaban J connectivity index is 2.57. The second-order valence-electron chi connectivity index (χ2n) is 3.92. The van der Waals surface area contributed by atoms with Gasteiger partial charge >= 0.3 is 7.60 Å². The van der Waals surface area contributed by atoms with Crippen LogP contribution in [0.1, 0.15) is 13.8 Å². The molecule has 0 aromatic rings. The van der Waals surface area contributed by atoms with Crippen molar-refractivity contribution >= 4 is 13.4 Å². The first kappa shape index (κ1) is 13.8. The zero-order chi connectivity index (χ0) is 12.4. The lowest BCUT2D eigenvalue weighted by molar-refractivity contribution is -0.150. The van der Waals surface area contributed by atoms with Crippen LogP contribution in [0.2, 0.25) is 0 Å². The summed E-state index contributed by atoms with van der Waals surface area (Å²) in [4.78, 5) is 11.7. The van der Waals surface area contributed by atoms with Gasteiger partial charge in [-0.15, -0.1) is 0 Å². The molecule has 6 nitrogen and oxygen atoms in total. The van der Waals surface area contributed by atoms with Crippen LogP contribution in [0.4, 0.5) is 0 Å². The second-order valence-corrected chi connectivity index (χ2v) is 6.19. The van der Waals surface area contributed by atoms with Crippen molar-refractivity contribution in [2.75, 3.05) is 27.0 Å². The number of carbonyl (C=O) groups excluding carboxylic acids is 1. The van der Waals surface area contributed by atoms with Crippen LogP contribution in [0, 0.1) is 0 Å². The molecule has 1 rings (SSSR count). The minimum absolute atomic E-state index is 0.166. The Morgan fingerprint density at radius 2 is 2.00 bits per heavy atom. The normalized spacial score (nSPS) is 24.6. The molecule has 1 aliphatic heterocycles. The number of hydrogen-bond donors (Lipinski definition) is 0. The van der Waals surface area contributed by atoms with E-state index in [1.54, 1.807) is 13.8 Å². The van der Waals surface area contributed by atoms with Gasteiger partial charge in [-0.25, -0.2) is 0 Å². The molecule has 7 heteroatoms. The molecule has 0 bridgehead atoms. The molecule has 0 aromatic carbocycles. The monoisotopic (exact) mass is 252 g/mol. The van der Waals surface area contributed by atoms with Crippen molar-refractivity contribution < 1.29 is 27.9 Å². The van der Waals surface area contributed by atoms with Gasteiger partial charge in [0.2, 0.25) is 0 Å². The highest BCUT2D eigenvalue weighted by Crippen LogP contribution is 2.46. The first-order valence-corrected chi connectivity index (χ1v) is 6.60. The molecule has 16 heavy (non-hydrogen) atoms. The van der Waals surface area contributed by atoms with E-state index in [0.29, 0.717) is 0 Å². The number of carbonyl (C=O) groups is 1. The maximum atomic E-state index is 11.7. The highest BCUT2D eigenvalue weighted by Gasteiger charge is 2.39. The van der Waals surface area contributed by atoms with Crippen molar-refractivity contribution in [3.05, 3.63) is 0 Å². The van der Waals surface area contributed by atoms with Crippen LogP contribution in [0.5, 0.6) is 0 Å². The quantitative estimate of drug-likeness (QED) is 0.684. The van der Waals surface area contributed by atoms with Gasteiger partial charge in [0.1, 0.15) is 12.3 Å². The minimum Gasteiger partial charge on any atom is -0.347 e. The van der Waals surface area contributed by atoms with Crippen LogP contribution < -0.4 is 0 Å². The van der Waals surface area contributed by atoms with Crippen LogP contribution >= 0.6 is 7.60 Å². The number of ether oxygens (including phenoxy) is 2. The molecule has 0 N–H and O–H groups in total. The highest BCUT2D eigenvalue weighted by molar-refractivity contribution is 7.54. The molecule has 1 saturated heterocycles. The Morgan fingerprint density at radius 1 is 1.44 bits per heavy atom. The summed E-state index contributed by atoms with van der Waals surface area (Å²) in [5.41, 5.74) is 0. The third-order valence-electron chi connectivity index (χ3n) is 2.27. The molecular formula is C9H17O6P. The molecule has 0 aromatic heterocycles. The summed E-state index contributed by atoms with van der Waals surface area (Å²) >= 11 is 0. The third-order valence-corrected chi connectivity index (χ3v) is 4.08. The number of ketones is 1. The molecule has 94 valence electrons. The van der Waals surface area contributed by atoms with Crippen LogP contribution in [0.15, 0.2) is 0 Å². The number of rotatable bonds is 5. The van der Waals surface area contributed by atoms with E-state index < -0.39 is 19.5 Å². The van der Waals surface area contributed by atoms with Crippen molar-refractivity contribution in [2.45, 2.75) is 25.7 Å². The van der Waals surface area contributed by atoms with Crippen LogP contribution in [-0.4, -0.2) is 44.7 Å². The van der Waals surface area contributed by atoms with Crippen molar-refractivity contribution in [2.24, 2.45) is 0 Å². The fourth-order valence-corrected chi connectivity index (χ4v) is 2.33. The van der Waals surface area contributed by atoms with E-state index in [2.05, 4.69) is 9.05 Å².